The Kier molecular flexibility index (Phi) is 6.14. The van der Waals surface area contributed by atoms with E-state index < -0.39 is 22.8 Å². The number of hydrogen-bond acceptors (Lipinski definition) is 7. The summed E-state index contributed by atoms with van der Waals surface area (Å²) in [4.78, 5) is 37.6. The largest absolute Gasteiger partial charge is 0.480 e. The molecule has 25 heavy (non-hydrogen) atoms. The first kappa shape index (κ1) is 18.5. The molecule has 0 fully saturated rings. The number of amides is 1. The Hall–Kier alpha value is -2.85. The SMILES string of the molecule is COCCC(NC(=O)c1csc(-c2ccc([N+](=O)[O-])cc2)n1)C(=O)O. The summed E-state index contributed by atoms with van der Waals surface area (Å²) in [6, 6.07) is 4.70. The minimum Gasteiger partial charge on any atom is -0.480 e. The van der Waals surface area contributed by atoms with Gasteiger partial charge in [0.2, 0.25) is 0 Å². The van der Waals surface area contributed by atoms with E-state index in [9.17, 15) is 19.7 Å². The third kappa shape index (κ3) is 4.81. The van der Waals surface area contributed by atoms with Crippen LogP contribution in [-0.2, 0) is 9.53 Å². The van der Waals surface area contributed by atoms with Crippen LogP contribution >= 0.6 is 11.3 Å². The minimum absolute atomic E-state index is 0.0410. The first-order chi connectivity index (χ1) is 11.9. The fourth-order valence-electron chi connectivity index (χ4n) is 1.96. The van der Waals surface area contributed by atoms with Crippen LogP contribution in [-0.4, -0.2) is 46.6 Å². The number of carboxylic acid groups (broad SMARTS) is 1. The minimum atomic E-state index is -1.16. The highest BCUT2D eigenvalue weighted by Gasteiger charge is 2.22. The molecule has 2 rings (SSSR count). The number of methoxy groups -OCH3 is 1. The van der Waals surface area contributed by atoms with Gasteiger partial charge in [0.1, 0.15) is 16.7 Å². The van der Waals surface area contributed by atoms with Gasteiger partial charge in [-0.05, 0) is 12.1 Å². The standard InChI is InChI=1S/C15H15N3O6S/c1-24-7-6-11(15(20)21)16-13(19)12-8-25-14(17-12)9-2-4-10(5-3-9)18(22)23/h2-5,8,11H,6-7H2,1H3,(H,16,19)(H,20,21). The van der Waals surface area contributed by atoms with Gasteiger partial charge in [0.05, 0.1) is 4.92 Å². The van der Waals surface area contributed by atoms with Crippen LogP contribution in [0.25, 0.3) is 10.6 Å². The topological polar surface area (TPSA) is 132 Å². The average molecular weight is 365 g/mol. The van der Waals surface area contributed by atoms with Crippen LogP contribution < -0.4 is 5.32 Å². The summed E-state index contributed by atoms with van der Waals surface area (Å²) in [7, 11) is 1.44. The molecule has 1 unspecified atom stereocenters. The van der Waals surface area contributed by atoms with Gasteiger partial charge in [-0.3, -0.25) is 14.9 Å². The molecule has 0 saturated carbocycles. The lowest BCUT2D eigenvalue weighted by Gasteiger charge is -2.12. The Bertz CT molecular complexity index is 774. The van der Waals surface area contributed by atoms with E-state index >= 15 is 0 Å². The molecule has 0 radical (unpaired) electrons. The number of nitro groups is 1. The van der Waals surface area contributed by atoms with E-state index in [1.807, 2.05) is 0 Å². The Morgan fingerprint density at radius 2 is 2.08 bits per heavy atom. The van der Waals surface area contributed by atoms with Crippen molar-refractivity contribution in [2.75, 3.05) is 13.7 Å². The fourth-order valence-corrected chi connectivity index (χ4v) is 2.77. The lowest BCUT2D eigenvalue weighted by Crippen LogP contribution is -2.41. The number of nitrogens with one attached hydrogen (secondary N) is 1. The molecular formula is C15H15N3O6S. The second-order valence-electron chi connectivity index (χ2n) is 4.99. The molecule has 1 aromatic heterocycles. The number of carboxylic acids is 1. The lowest BCUT2D eigenvalue weighted by molar-refractivity contribution is -0.384. The zero-order valence-electron chi connectivity index (χ0n) is 13.2. The number of carbonyl (C=O) groups excluding carboxylic acids is 1. The van der Waals surface area contributed by atoms with Crippen LogP contribution in [0.5, 0.6) is 0 Å². The molecular weight excluding hydrogens is 350 g/mol. The molecule has 2 aromatic rings. The van der Waals surface area contributed by atoms with Gasteiger partial charge < -0.3 is 15.2 Å². The number of hydrogen-bond donors (Lipinski definition) is 2. The van der Waals surface area contributed by atoms with Crippen LogP contribution in [0.2, 0.25) is 0 Å². The first-order valence-corrected chi connectivity index (χ1v) is 8.03. The van der Waals surface area contributed by atoms with Crippen molar-refractivity contribution in [1.82, 2.24) is 10.3 Å². The van der Waals surface area contributed by atoms with Gasteiger partial charge in [0.25, 0.3) is 11.6 Å². The zero-order chi connectivity index (χ0) is 18.4. The lowest BCUT2D eigenvalue weighted by atomic mass is 10.2. The van der Waals surface area contributed by atoms with Crippen LogP contribution in [0.4, 0.5) is 5.69 Å². The van der Waals surface area contributed by atoms with Crippen molar-refractivity contribution in [2.45, 2.75) is 12.5 Å². The maximum Gasteiger partial charge on any atom is 0.326 e. The number of rotatable bonds is 8. The van der Waals surface area contributed by atoms with Crippen molar-refractivity contribution in [3.05, 3.63) is 45.5 Å². The molecule has 1 aromatic carbocycles. The number of thiazole rings is 1. The van der Waals surface area contributed by atoms with Crippen LogP contribution in [0.1, 0.15) is 16.9 Å². The number of aliphatic carboxylic acids is 1. The van der Waals surface area contributed by atoms with E-state index in [0.29, 0.717) is 10.6 Å². The Balaban J connectivity index is 2.10. The Morgan fingerprint density at radius 1 is 1.40 bits per heavy atom. The van der Waals surface area contributed by atoms with E-state index in [1.54, 1.807) is 0 Å². The van der Waals surface area contributed by atoms with Crippen molar-refractivity contribution in [1.29, 1.82) is 0 Å². The average Bonchev–Trinajstić information content (AvgIpc) is 3.08. The molecule has 1 heterocycles. The summed E-state index contributed by atoms with van der Waals surface area (Å²) in [6.45, 7) is 0.197. The fraction of sp³-hybridized carbons (Fsp3) is 0.267. The Labute approximate surface area is 146 Å². The molecule has 0 saturated heterocycles. The first-order valence-electron chi connectivity index (χ1n) is 7.15. The second kappa shape index (κ2) is 8.31. The van der Waals surface area contributed by atoms with E-state index in [2.05, 4.69) is 10.3 Å². The van der Waals surface area contributed by atoms with Crippen molar-refractivity contribution >= 4 is 28.9 Å². The number of nitro benzene ring substituents is 1. The Morgan fingerprint density at radius 3 is 2.64 bits per heavy atom. The summed E-state index contributed by atoms with van der Waals surface area (Å²) < 4.78 is 4.82. The molecule has 0 aliphatic heterocycles. The maximum absolute atomic E-state index is 12.2. The van der Waals surface area contributed by atoms with Gasteiger partial charge in [-0.2, -0.15) is 0 Å². The molecule has 132 valence electrons. The van der Waals surface area contributed by atoms with E-state index in [-0.39, 0.29) is 24.4 Å². The molecule has 10 heteroatoms. The third-order valence-corrected chi connectivity index (χ3v) is 4.17. The van der Waals surface area contributed by atoms with E-state index in [1.165, 1.54) is 48.1 Å². The number of benzene rings is 1. The summed E-state index contributed by atoms with van der Waals surface area (Å²) in [5, 5.41) is 24.2. The molecule has 2 N–H and O–H groups in total. The molecule has 0 aliphatic carbocycles. The predicted molar refractivity (Wildman–Crippen MR) is 89.6 cm³/mol. The van der Waals surface area contributed by atoms with Gasteiger partial charge in [-0.15, -0.1) is 11.3 Å². The summed E-state index contributed by atoms with van der Waals surface area (Å²) in [6.07, 6.45) is 0.136. The molecule has 0 bridgehead atoms. The van der Waals surface area contributed by atoms with Crippen LogP contribution in [0.15, 0.2) is 29.6 Å². The van der Waals surface area contributed by atoms with Gasteiger partial charge in [-0.1, -0.05) is 0 Å². The predicted octanol–water partition coefficient (Wildman–Crippen LogP) is 1.94. The molecule has 1 amide bonds. The van der Waals surface area contributed by atoms with Gasteiger partial charge in [-0.25, -0.2) is 9.78 Å². The van der Waals surface area contributed by atoms with Crippen LogP contribution in [0.3, 0.4) is 0 Å². The third-order valence-electron chi connectivity index (χ3n) is 3.28. The van der Waals surface area contributed by atoms with E-state index in [4.69, 9.17) is 9.84 Å². The number of nitrogens with zero attached hydrogens (tertiary/aromatic N) is 2. The van der Waals surface area contributed by atoms with Gasteiger partial charge in [0.15, 0.2) is 0 Å². The number of carbonyl (C=O) groups is 2. The number of ether oxygens (including phenoxy) is 1. The summed E-state index contributed by atoms with van der Waals surface area (Å²) >= 11 is 1.18. The highest BCUT2D eigenvalue weighted by atomic mass is 32.1. The van der Waals surface area contributed by atoms with Crippen molar-refractivity contribution in [3.8, 4) is 10.6 Å². The number of non-ortho nitro benzene ring substituents is 1. The highest BCUT2D eigenvalue weighted by Crippen LogP contribution is 2.25. The number of aromatic nitrogens is 1. The maximum atomic E-state index is 12.2. The highest BCUT2D eigenvalue weighted by molar-refractivity contribution is 7.13. The van der Waals surface area contributed by atoms with E-state index in [0.717, 1.165) is 0 Å². The monoisotopic (exact) mass is 365 g/mol. The smallest absolute Gasteiger partial charge is 0.326 e. The molecule has 0 spiro atoms. The van der Waals surface area contributed by atoms with Crippen molar-refractivity contribution in [3.63, 3.8) is 0 Å². The summed E-state index contributed by atoms with van der Waals surface area (Å²) in [5.41, 5.74) is 0.673. The quantitative estimate of drug-likeness (QED) is 0.539. The zero-order valence-corrected chi connectivity index (χ0v) is 14.0. The van der Waals surface area contributed by atoms with Gasteiger partial charge >= 0.3 is 5.97 Å². The van der Waals surface area contributed by atoms with Crippen LogP contribution in [0, 0.1) is 10.1 Å². The second-order valence-corrected chi connectivity index (χ2v) is 5.85. The molecule has 0 aliphatic rings. The molecule has 1 atom stereocenters. The summed E-state index contributed by atoms with van der Waals surface area (Å²) in [5.74, 6) is -1.76. The van der Waals surface area contributed by atoms with Gasteiger partial charge in [0, 0.05) is 43.2 Å². The van der Waals surface area contributed by atoms with Crippen molar-refractivity contribution < 1.29 is 24.4 Å². The normalized spacial score (nSPS) is 11.7. The van der Waals surface area contributed by atoms with Crippen molar-refractivity contribution in [2.24, 2.45) is 0 Å². The molecule has 9 nitrogen and oxygen atoms in total.